The highest BCUT2D eigenvalue weighted by molar-refractivity contribution is 5.66. The van der Waals surface area contributed by atoms with E-state index >= 15 is 0 Å². The summed E-state index contributed by atoms with van der Waals surface area (Å²) in [6.45, 7) is 10.7. The topological polar surface area (TPSA) is 61.0 Å². The molecule has 5 rings (SSSR count). The van der Waals surface area contributed by atoms with E-state index in [1.54, 1.807) is 7.11 Å². The molecule has 3 aliphatic heterocycles. The van der Waals surface area contributed by atoms with Crippen molar-refractivity contribution < 1.29 is 14.0 Å². The lowest BCUT2D eigenvalue weighted by atomic mass is 9.96. The molecule has 0 aromatic heterocycles. The third kappa shape index (κ3) is 5.21. The van der Waals surface area contributed by atoms with Crippen LogP contribution in [-0.4, -0.2) is 93.4 Å². The molecule has 2 saturated heterocycles. The Kier molecular flexibility index (Phi) is 6.81. The summed E-state index contributed by atoms with van der Waals surface area (Å²) in [5.74, 6) is 2.28. The summed E-state index contributed by atoms with van der Waals surface area (Å²) < 4.78 is 12.5. The van der Waals surface area contributed by atoms with Crippen molar-refractivity contribution in [1.29, 1.82) is 0 Å². The van der Waals surface area contributed by atoms with Crippen LogP contribution in [-0.2, 0) is 0 Å². The monoisotopic (exact) mass is 481 g/mol. The van der Waals surface area contributed by atoms with Crippen LogP contribution in [0.15, 0.2) is 42.5 Å². The summed E-state index contributed by atoms with van der Waals surface area (Å²) in [4.78, 5) is 4.92. The maximum Gasteiger partial charge on any atom is 0.230 e. The second-order valence-corrected chi connectivity index (χ2v) is 10.9. The predicted molar refractivity (Wildman–Crippen MR) is 141 cm³/mol. The number of hydrogen-bond donors (Lipinski definition) is 3. The third-order valence-corrected chi connectivity index (χ3v) is 7.75. The molecule has 3 aliphatic rings. The van der Waals surface area contributed by atoms with Crippen molar-refractivity contribution in [3.05, 3.63) is 48.0 Å². The summed E-state index contributed by atoms with van der Waals surface area (Å²) in [6, 6.07) is 15.5. The molecule has 0 amide bonds. The smallest absolute Gasteiger partial charge is 0.230 e. The first kappa shape index (κ1) is 24.2. The van der Waals surface area contributed by atoms with Crippen LogP contribution in [0.3, 0.4) is 0 Å². The molecule has 0 aliphatic carbocycles. The van der Waals surface area contributed by atoms with E-state index in [-0.39, 0.29) is 12.6 Å². The Morgan fingerprint density at radius 1 is 1.06 bits per heavy atom. The molecule has 0 bridgehead atoms. The van der Waals surface area contributed by atoms with Crippen LogP contribution < -0.4 is 25.4 Å². The number of methoxy groups -OCH3 is 1. The first-order chi connectivity index (χ1) is 16.8. The Morgan fingerprint density at radius 3 is 2.46 bits per heavy atom. The molecule has 35 heavy (non-hydrogen) atoms. The van der Waals surface area contributed by atoms with Crippen LogP contribution in [0.4, 0.5) is 11.4 Å². The Morgan fingerprint density at radius 2 is 1.80 bits per heavy atom. The highest BCUT2D eigenvalue weighted by Crippen LogP contribution is 2.36. The van der Waals surface area contributed by atoms with Crippen molar-refractivity contribution >= 4 is 11.4 Å². The van der Waals surface area contributed by atoms with Gasteiger partial charge in [-0.1, -0.05) is 12.1 Å². The van der Waals surface area contributed by atoms with E-state index in [0.29, 0.717) is 12.0 Å². The molecule has 3 atom stereocenters. The number of likely N-dealkylation sites (N-methyl/N-ethyl adjacent to an activating group) is 1. The SMILES string of the molecule is COc1ccc(C2CNC(Nc3ccc4c(c3)OC(N3CCN(C(C)C)CC3)N4)[N+](C)(C)C2)cc1. The summed E-state index contributed by atoms with van der Waals surface area (Å²) in [5, 5.41) is 11.0. The minimum Gasteiger partial charge on any atom is -0.497 e. The van der Waals surface area contributed by atoms with Gasteiger partial charge in [-0.25, -0.2) is 10.2 Å². The number of anilines is 2. The van der Waals surface area contributed by atoms with Gasteiger partial charge in [0.05, 0.1) is 33.4 Å². The van der Waals surface area contributed by atoms with Crippen LogP contribution in [0.25, 0.3) is 0 Å². The van der Waals surface area contributed by atoms with E-state index in [1.807, 2.05) is 0 Å². The zero-order chi connectivity index (χ0) is 24.6. The number of nitrogens with zero attached hydrogens (tertiary/aromatic N) is 3. The van der Waals surface area contributed by atoms with E-state index < -0.39 is 0 Å². The Bertz CT molecular complexity index is 1000. The molecule has 2 fully saturated rings. The molecule has 2 aromatic rings. The average molecular weight is 482 g/mol. The summed E-state index contributed by atoms with van der Waals surface area (Å²) in [7, 11) is 6.26. The second-order valence-electron chi connectivity index (χ2n) is 10.9. The molecule has 0 radical (unpaired) electrons. The van der Waals surface area contributed by atoms with Crippen molar-refractivity contribution in [2.75, 3.05) is 71.1 Å². The first-order valence-electron chi connectivity index (χ1n) is 12.8. The van der Waals surface area contributed by atoms with Crippen LogP contribution in [0.5, 0.6) is 11.5 Å². The number of quaternary nitrogens is 1. The minimum absolute atomic E-state index is 0.0835. The van der Waals surface area contributed by atoms with Gasteiger partial charge in [0, 0.05) is 56.4 Å². The van der Waals surface area contributed by atoms with Gasteiger partial charge in [0.25, 0.3) is 0 Å². The Labute approximate surface area is 209 Å². The van der Waals surface area contributed by atoms with Crippen molar-refractivity contribution in [2.45, 2.75) is 38.4 Å². The van der Waals surface area contributed by atoms with Crippen LogP contribution in [0.2, 0.25) is 0 Å². The van der Waals surface area contributed by atoms with Gasteiger partial charge in [-0.2, -0.15) is 0 Å². The maximum atomic E-state index is 6.34. The van der Waals surface area contributed by atoms with Gasteiger partial charge in [0.15, 0.2) is 0 Å². The molecule has 190 valence electrons. The number of fused-ring (bicyclic) bond motifs is 1. The third-order valence-electron chi connectivity index (χ3n) is 7.75. The number of rotatable bonds is 6. The van der Waals surface area contributed by atoms with E-state index in [1.165, 1.54) is 5.56 Å². The molecule has 8 nitrogen and oxygen atoms in total. The van der Waals surface area contributed by atoms with Crippen molar-refractivity contribution in [3.8, 4) is 11.5 Å². The number of ether oxygens (including phenoxy) is 2. The lowest BCUT2D eigenvalue weighted by Gasteiger charge is -2.45. The van der Waals surface area contributed by atoms with E-state index in [9.17, 15) is 0 Å². The van der Waals surface area contributed by atoms with Crippen molar-refractivity contribution in [3.63, 3.8) is 0 Å². The standard InChI is InChI=1S/C27H41N6O2/c1-19(2)31-12-14-32(15-13-31)27-30-24-11-8-22(16-25(24)35-27)29-26-28-17-21(18-33(26,3)4)20-6-9-23(34-5)10-7-20/h6-11,16,19,21,26-30H,12-15,17-18H2,1-5H3/q+1. The molecule has 8 heteroatoms. The summed E-state index contributed by atoms with van der Waals surface area (Å²) in [6.07, 6.45) is 0.0386. The highest BCUT2D eigenvalue weighted by Gasteiger charge is 2.37. The van der Waals surface area contributed by atoms with Crippen molar-refractivity contribution in [2.24, 2.45) is 0 Å². The first-order valence-corrected chi connectivity index (χ1v) is 12.8. The lowest BCUT2D eigenvalue weighted by molar-refractivity contribution is -0.920. The van der Waals surface area contributed by atoms with E-state index in [0.717, 1.165) is 66.6 Å². The van der Waals surface area contributed by atoms with Crippen LogP contribution >= 0.6 is 0 Å². The van der Waals surface area contributed by atoms with Gasteiger partial charge in [-0.3, -0.25) is 9.38 Å². The number of nitrogens with one attached hydrogen (secondary N) is 3. The zero-order valence-corrected chi connectivity index (χ0v) is 21.8. The second kappa shape index (κ2) is 9.85. The van der Waals surface area contributed by atoms with Gasteiger partial charge < -0.3 is 20.1 Å². The summed E-state index contributed by atoms with van der Waals surface area (Å²) >= 11 is 0. The molecule has 0 spiro atoms. The average Bonchev–Trinajstić information content (AvgIpc) is 3.29. The molecule has 3 heterocycles. The van der Waals surface area contributed by atoms with Gasteiger partial charge >= 0.3 is 0 Å². The molecule has 3 N–H and O–H groups in total. The quantitative estimate of drug-likeness (QED) is 0.549. The zero-order valence-electron chi connectivity index (χ0n) is 21.8. The van der Waals surface area contributed by atoms with Gasteiger partial charge in [-0.15, -0.1) is 0 Å². The number of piperazine rings is 1. The molecule has 2 aromatic carbocycles. The van der Waals surface area contributed by atoms with Crippen LogP contribution in [0.1, 0.15) is 25.3 Å². The predicted octanol–water partition coefficient (Wildman–Crippen LogP) is 2.97. The van der Waals surface area contributed by atoms with E-state index in [2.05, 4.69) is 96.2 Å². The van der Waals surface area contributed by atoms with Gasteiger partial charge in [0.1, 0.15) is 11.5 Å². The summed E-state index contributed by atoms with van der Waals surface area (Å²) in [5.41, 5.74) is 3.49. The molecule has 0 saturated carbocycles. The maximum absolute atomic E-state index is 6.34. The Hall–Kier alpha value is -2.52. The number of benzene rings is 2. The van der Waals surface area contributed by atoms with Crippen LogP contribution in [0, 0.1) is 0 Å². The normalized spacial score (nSPS) is 26.6. The molecule has 3 unspecified atom stereocenters. The van der Waals surface area contributed by atoms with Gasteiger partial charge in [-0.05, 0) is 43.7 Å². The minimum atomic E-state index is -0.0835. The number of hydrogen-bond acceptors (Lipinski definition) is 7. The van der Waals surface area contributed by atoms with Gasteiger partial charge in [0.2, 0.25) is 12.6 Å². The molecular formula is C27H41N6O2+. The lowest BCUT2D eigenvalue weighted by Crippen LogP contribution is -2.66. The van der Waals surface area contributed by atoms with Crippen molar-refractivity contribution in [1.82, 2.24) is 15.1 Å². The highest BCUT2D eigenvalue weighted by atomic mass is 16.5. The fraction of sp³-hybridized carbons (Fsp3) is 0.556. The largest absolute Gasteiger partial charge is 0.497 e. The fourth-order valence-corrected chi connectivity index (χ4v) is 5.49. The fourth-order valence-electron chi connectivity index (χ4n) is 5.49. The Balaban J connectivity index is 1.19. The van der Waals surface area contributed by atoms with E-state index in [4.69, 9.17) is 9.47 Å². The molecular weight excluding hydrogens is 440 g/mol.